The van der Waals surface area contributed by atoms with Crippen molar-refractivity contribution in [3.05, 3.63) is 64.9 Å². The first-order valence-electron chi connectivity index (χ1n) is 13.4. The molecule has 3 heterocycles. The molecule has 2 aromatic carbocycles. The number of hydrogen-bond donors (Lipinski definition) is 4. The highest BCUT2D eigenvalue weighted by atomic mass is 32.2. The number of aromatic amines is 1. The van der Waals surface area contributed by atoms with E-state index >= 15 is 0 Å². The van der Waals surface area contributed by atoms with Crippen LogP contribution in [0.4, 0.5) is 26.0 Å². The molecule has 0 bridgehead atoms. The largest absolute Gasteiger partial charge is 0.369 e. The van der Waals surface area contributed by atoms with Crippen LogP contribution in [0.15, 0.2) is 41.3 Å². The number of amides is 2. The summed E-state index contributed by atoms with van der Waals surface area (Å²) >= 11 is 0. The van der Waals surface area contributed by atoms with Gasteiger partial charge in [0.2, 0.25) is 15.9 Å². The molecule has 42 heavy (non-hydrogen) atoms. The molecule has 2 aliphatic rings. The highest BCUT2D eigenvalue weighted by Gasteiger charge is 2.32. The number of rotatable bonds is 8. The standard InChI is InChI=1S/C27H32F2N8O4S/c1-30-15-25(38)31-24-14-19(36-9-7-35(2)8-10-36)3-4-21(24)27(39)32-26-22-16-37(6-5-23(22)33-34-26)42(40,41)20-12-17(28)11-18(29)13-20/h3-4,11-14,30H,5-10,15-16H2,1-2H3,(H,31,38)(H2,32,33,34,39). The van der Waals surface area contributed by atoms with Crippen LogP contribution in [-0.2, 0) is 27.8 Å². The molecule has 1 saturated heterocycles. The first-order valence-corrected chi connectivity index (χ1v) is 14.8. The fraction of sp³-hybridized carbons (Fsp3) is 0.370. The number of likely N-dealkylation sites (N-methyl/N-ethyl adjacent to an activating group) is 2. The third-order valence-electron chi connectivity index (χ3n) is 7.33. The highest BCUT2D eigenvalue weighted by Crippen LogP contribution is 2.30. The Morgan fingerprint density at radius 1 is 1.00 bits per heavy atom. The molecule has 3 aromatic rings. The van der Waals surface area contributed by atoms with Gasteiger partial charge in [-0.3, -0.25) is 14.7 Å². The first kappa shape index (κ1) is 29.6. The molecule has 12 nitrogen and oxygen atoms in total. The van der Waals surface area contributed by atoms with Gasteiger partial charge in [-0.2, -0.15) is 9.40 Å². The molecule has 0 radical (unpaired) electrons. The lowest BCUT2D eigenvalue weighted by molar-refractivity contribution is -0.115. The Morgan fingerprint density at radius 3 is 2.40 bits per heavy atom. The second-order valence-electron chi connectivity index (χ2n) is 10.3. The van der Waals surface area contributed by atoms with E-state index in [1.165, 1.54) is 0 Å². The molecular formula is C27H32F2N8O4S. The summed E-state index contributed by atoms with van der Waals surface area (Å²) in [5, 5.41) is 15.4. The maximum absolute atomic E-state index is 13.8. The van der Waals surface area contributed by atoms with E-state index in [9.17, 15) is 26.8 Å². The molecule has 2 aliphatic heterocycles. The van der Waals surface area contributed by atoms with Crippen LogP contribution in [0.2, 0.25) is 0 Å². The van der Waals surface area contributed by atoms with Gasteiger partial charge in [-0.1, -0.05) is 0 Å². The molecule has 15 heteroatoms. The van der Waals surface area contributed by atoms with Gasteiger partial charge in [-0.15, -0.1) is 0 Å². The van der Waals surface area contributed by atoms with E-state index in [4.69, 9.17) is 0 Å². The van der Waals surface area contributed by atoms with E-state index in [0.29, 0.717) is 23.0 Å². The third kappa shape index (κ3) is 6.28. The predicted molar refractivity (Wildman–Crippen MR) is 153 cm³/mol. The number of fused-ring (bicyclic) bond motifs is 1. The lowest BCUT2D eigenvalue weighted by atomic mass is 10.1. The number of carbonyl (C=O) groups excluding carboxylic acids is 2. The summed E-state index contributed by atoms with van der Waals surface area (Å²) in [5.74, 6) is -2.76. The molecular weight excluding hydrogens is 570 g/mol. The van der Waals surface area contributed by atoms with Crippen LogP contribution in [0.3, 0.4) is 0 Å². The van der Waals surface area contributed by atoms with Crippen molar-refractivity contribution < 1.29 is 26.8 Å². The number of nitrogens with one attached hydrogen (secondary N) is 4. The number of anilines is 3. The zero-order valence-corrected chi connectivity index (χ0v) is 24.0. The van der Waals surface area contributed by atoms with Gasteiger partial charge < -0.3 is 25.8 Å². The van der Waals surface area contributed by atoms with E-state index in [0.717, 1.165) is 48.3 Å². The second-order valence-corrected chi connectivity index (χ2v) is 12.2. The van der Waals surface area contributed by atoms with E-state index in [1.54, 1.807) is 19.2 Å². The summed E-state index contributed by atoms with van der Waals surface area (Å²) in [6.07, 6.45) is 0.250. The highest BCUT2D eigenvalue weighted by molar-refractivity contribution is 7.89. The Balaban J connectivity index is 1.38. The lowest BCUT2D eigenvalue weighted by Gasteiger charge is -2.34. The average Bonchev–Trinajstić information content (AvgIpc) is 3.34. The minimum atomic E-state index is -4.23. The normalized spacial score (nSPS) is 16.2. The van der Waals surface area contributed by atoms with Gasteiger partial charge in [0.15, 0.2) is 5.82 Å². The Bertz CT molecular complexity index is 1590. The lowest BCUT2D eigenvalue weighted by Crippen LogP contribution is -2.44. The van der Waals surface area contributed by atoms with Gasteiger partial charge in [0.1, 0.15) is 11.6 Å². The number of hydrogen-bond acceptors (Lipinski definition) is 8. The summed E-state index contributed by atoms with van der Waals surface area (Å²) in [7, 11) is -0.537. The molecule has 2 amide bonds. The van der Waals surface area contributed by atoms with Gasteiger partial charge in [0, 0.05) is 68.7 Å². The fourth-order valence-corrected chi connectivity index (χ4v) is 6.48. The summed E-state index contributed by atoms with van der Waals surface area (Å²) in [5.41, 5.74) is 2.46. The van der Waals surface area contributed by atoms with Gasteiger partial charge in [0.25, 0.3) is 5.91 Å². The van der Waals surface area contributed by atoms with Crippen molar-refractivity contribution in [3.63, 3.8) is 0 Å². The minimum absolute atomic E-state index is 0.0478. The molecule has 1 aromatic heterocycles. The van der Waals surface area contributed by atoms with Crippen LogP contribution in [-0.4, -0.2) is 93.0 Å². The second kappa shape index (κ2) is 12.1. The van der Waals surface area contributed by atoms with Crippen LogP contribution >= 0.6 is 0 Å². The number of carbonyl (C=O) groups is 2. The van der Waals surface area contributed by atoms with Crippen LogP contribution in [0, 0.1) is 11.6 Å². The monoisotopic (exact) mass is 602 g/mol. The van der Waals surface area contributed by atoms with Crippen molar-refractivity contribution in [1.82, 2.24) is 24.7 Å². The van der Waals surface area contributed by atoms with Crippen molar-refractivity contribution in [1.29, 1.82) is 0 Å². The Hall–Kier alpha value is -3.92. The van der Waals surface area contributed by atoms with Gasteiger partial charge in [-0.05, 0) is 44.4 Å². The zero-order valence-electron chi connectivity index (χ0n) is 23.2. The maximum atomic E-state index is 13.8. The number of sulfonamides is 1. The smallest absolute Gasteiger partial charge is 0.258 e. The molecule has 0 aliphatic carbocycles. The van der Waals surface area contributed by atoms with Gasteiger partial charge >= 0.3 is 0 Å². The average molecular weight is 603 g/mol. The zero-order chi connectivity index (χ0) is 30.0. The molecule has 0 unspecified atom stereocenters. The summed E-state index contributed by atoms with van der Waals surface area (Å²) in [4.78, 5) is 29.9. The molecule has 1 fully saturated rings. The summed E-state index contributed by atoms with van der Waals surface area (Å²) in [6, 6.07) is 7.35. The Labute approximate surface area is 242 Å². The Morgan fingerprint density at radius 2 is 1.71 bits per heavy atom. The number of aromatic nitrogens is 2. The van der Waals surface area contributed by atoms with Crippen molar-refractivity contribution in [3.8, 4) is 0 Å². The number of halogens is 2. The van der Waals surface area contributed by atoms with Crippen LogP contribution in [0.25, 0.3) is 0 Å². The predicted octanol–water partition coefficient (Wildman–Crippen LogP) is 1.60. The quantitative estimate of drug-likeness (QED) is 0.305. The third-order valence-corrected chi connectivity index (χ3v) is 9.15. The molecule has 4 N–H and O–H groups in total. The number of benzene rings is 2. The van der Waals surface area contributed by atoms with Gasteiger partial charge in [-0.25, -0.2) is 17.2 Å². The van der Waals surface area contributed by atoms with Crippen LogP contribution in [0.5, 0.6) is 0 Å². The number of piperazine rings is 1. The molecule has 0 atom stereocenters. The Kier molecular flexibility index (Phi) is 8.54. The van der Waals surface area contributed by atoms with Crippen molar-refractivity contribution in [2.45, 2.75) is 17.9 Å². The summed E-state index contributed by atoms with van der Waals surface area (Å²) in [6.45, 7) is 3.30. The molecule has 0 spiro atoms. The topological polar surface area (TPSA) is 143 Å². The van der Waals surface area contributed by atoms with Crippen molar-refractivity contribution >= 4 is 39.0 Å². The van der Waals surface area contributed by atoms with Crippen molar-refractivity contribution in [2.75, 3.05) is 68.9 Å². The summed E-state index contributed by atoms with van der Waals surface area (Å²) < 4.78 is 55.0. The fourth-order valence-electron chi connectivity index (χ4n) is 5.03. The number of H-pyrrole nitrogens is 1. The SMILES string of the molecule is CNCC(=O)Nc1cc(N2CCN(C)CC2)ccc1C(=O)Nc1n[nH]c2c1CN(S(=O)(=O)c1cc(F)cc(F)c1)CC2. The van der Waals surface area contributed by atoms with E-state index in [1.807, 2.05) is 6.07 Å². The maximum Gasteiger partial charge on any atom is 0.258 e. The van der Waals surface area contributed by atoms with Crippen LogP contribution < -0.4 is 20.9 Å². The number of nitrogens with zero attached hydrogens (tertiary/aromatic N) is 4. The van der Waals surface area contributed by atoms with E-state index in [-0.39, 0.29) is 43.3 Å². The van der Waals surface area contributed by atoms with Crippen molar-refractivity contribution in [2.24, 2.45) is 0 Å². The first-order chi connectivity index (χ1) is 20.0. The van der Waals surface area contributed by atoms with E-state index in [2.05, 4.69) is 43.0 Å². The molecule has 0 saturated carbocycles. The molecule has 5 rings (SSSR count). The van der Waals surface area contributed by atoms with E-state index < -0.39 is 32.5 Å². The molecule has 224 valence electrons. The van der Waals surface area contributed by atoms with Gasteiger partial charge in [0.05, 0.1) is 22.7 Å². The van der Waals surface area contributed by atoms with Crippen LogP contribution in [0.1, 0.15) is 21.6 Å². The minimum Gasteiger partial charge on any atom is -0.369 e.